The summed E-state index contributed by atoms with van der Waals surface area (Å²) in [6, 6.07) is 17.8. The van der Waals surface area contributed by atoms with E-state index in [2.05, 4.69) is 0 Å². The van der Waals surface area contributed by atoms with Crippen LogP contribution in [-0.2, 0) is 4.57 Å². The number of hydrogen-bond donors (Lipinski definition) is 0. The Morgan fingerprint density at radius 3 is 2.14 bits per heavy atom. The fraction of sp³-hybridized carbons (Fsp3) is 0. The minimum atomic E-state index is -2.69. The second-order valence-corrected chi connectivity index (χ2v) is 7.32. The molecule has 0 saturated heterocycles. The Balaban J connectivity index is 2.03. The smallest absolute Gasteiger partial charge is 0.225 e. The maximum atomic E-state index is 12.6. The van der Waals surface area contributed by atoms with E-state index in [0.29, 0.717) is 5.30 Å². The normalized spacial score (nSPS) is 12.3. The van der Waals surface area contributed by atoms with Gasteiger partial charge in [-0.1, -0.05) is 65.7 Å². The van der Waals surface area contributed by atoms with Crippen LogP contribution in [0, 0.1) is 0 Å². The van der Waals surface area contributed by atoms with Crippen LogP contribution in [0.1, 0.15) is 10.4 Å². The largest absolute Gasteiger partial charge is 0.313 e. The van der Waals surface area contributed by atoms with Crippen LogP contribution in [-0.4, -0.2) is 5.52 Å². The predicted octanol–water partition coefficient (Wildman–Crippen LogP) is 5.17. The zero-order chi connectivity index (χ0) is 15.7. The zero-order valence-corrected chi connectivity index (χ0v) is 13.9. The highest BCUT2D eigenvalue weighted by atomic mass is 35.5. The summed E-state index contributed by atoms with van der Waals surface area (Å²) in [6.07, 6.45) is 0. The summed E-state index contributed by atoms with van der Waals surface area (Å²) in [5, 5.41) is 2.92. The summed E-state index contributed by atoms with van der Waals surface area (Å²) >= 11 is 12.0. The molecule has 0 amide bonds. The van der Waals surface area contributed by atoms with Gasteiger partial charge >= 0.3 is 0 Å². The lowest BCUT2D eigenvalue weighted by molar-refractivity contribution is 0.108. The van der Waals surface area contributed by atoms with Gasteiger partial charge in [0.1, 0.15) is 0 Å². The minimum Gasteiger partial charge on any atom is -0.313 e. The van der Waals surface area contributed by atoms with Crippen LogP contribution in [0.15, 0.2) is 60.7 Å². The maximum absolute atomic E-state index is 12.6. The third kappa shape index (κ3) is 2.83. The molecular weight excluding hydrogens is 338 g/mol. The second kappa shape index (κ2) is 6.26. The van der Waals surface area contributed by atoms with Crippen molar-refractivity contribution in [3.63, 3.8) is 0 Å². The molecule has 0 bridgehead atoms. The van der Waals surface area contributed by atoms with Gasteiger partial charge in [-0.2, -0.15) is 0 Å². The first-order valence-electron chi connectivity index (χ1n) is 6.60. The average molecular weight is 349 g/mol. The number of halogens is 2. The van der Waals surface area contributed by atoms with Crippen LogP contribution in [0.2, 0.25) is 10.0 Å². The molecular formula is C17H11Cl2O2P. The van der Waals surface area contributed by atoms with Crippen LogP contribution in [0.4, 0.5) is 0 Å². The van der Waals surface area contributed by atoms with Gasteiger partial charge in [0, 0.05) is 5.30 Å². The standard InChI is InChI=1S/C17H11Cl2O2P/c18-14-6-3-7-15(19)16(14)17(20)22(21)13-9-8-11-4-1-2-5-12(11)10-13/h1-10,22H. The number of hydrogen-bond acceptors (Lipinski definition) is 2. The van der Waals surface area contributed by atoms with E-state index in [9.17, 15) is 9.36 Å². The topological polar surface area (TPSA) is 34.1 Å². The third-order valence-corrected chi connectivity index (χ3v) is 5.54. The van der Waals surface area contributed by atoms with Gasteiger partial charge in [-0.25, -0.2) is 0 Å². The van der Waals surface area contributed by atoms with Crippen molar-refractivity contribution in [2.45, 2.75) is 0 Å². The van der Waals surface area contributed by atoms with E-state index in [-0.39, 0.29) is 15.6 Å². The lowest BCUT2D eigenvalue weighted by atomic mass is 10.1. The highest BCUT2D eigenvalue weighted by Gasteiger charge is 2.21. The SMILES string of the molecule is O=C(c1c(Cl)cccc1Cl)[PH](=O)c1ccc2ccccc2c1. The molecule has 1 atom stereocenters. The van der Waals surface area contributed by atoms with Crippen LogP contribution in [0.25, 0.3) is 10.8 Å². The Kier molecular flexibility index (Phi) is 4.35. The van der Waals surface area contributed by atoms with Crippen LogP contribution in [0.5, 0.6) is 0 Å². The highest BCUT2D eigenvalue weighted by molar-refractivity contribution is 7.71. The van der Waals surface area contributed by atoms with E-state index >= 15 is 0 Å². The molecule has 2 nitrogen and oxygen atoms in total. The monoisotopic (exact) mass is 348 g/mol. The summed E-state index contributed by atoms with van der Waals surface area (Å²) in [6.45, 7) is 0. The Morgan fingerprint density at radius 1 is 0.818 bits per heavy atom. The van der Waals surface area contributed by atoms with Crippen molar-refractivity contribution >= 4 is 52.6 Å². The van der Waals surface area contributed by atoms with Gasteiger partial charge in [-0.15, -0.1) is 0 Å². The Hall–Kier alpha value is -1.60. The Morgan fingerprint density at radius 2 is 1.45 bits per heavy atom. The summed E-state index contributed by atoms with van der Waals surface area (Å²) in [4.78, 5) is 12.5. The van der Waals surface area contributed by atoms with Crippen molar-refractivity contribution in [3.8, 4) is 0 Å². The maximum Gasteiger partial charge on any atom is 0.225 e. The number of rotatable bonds is 3. The molecule has 0 N–H and O–H groups in total. The van der Waals surface area contributed by atoms with Gasteiger partial charge in [0.2, 0.25) is 5.52 Å². The second-order valence-electron chi connectivity index (χ2n) is 4.82. The summed E-state index contributed by atoms with van der Waals surface area (Å²) in [7, 11) is -2.69. The summed E-state index contributed by atoms with van der Waals surface area (Å²) < 4.78 is 12.6. The van der Waals surface area contributed by atoms with Crippen molar-refractivity contribution in [2.75, 3.05) is 0 Å². The van der Waals surface area contributed by atoms with Gasteiger partial charge in [-0.05, 0) is 29.0 Å². The molecule has 0 radical (unpaired) electrons. The number of fused-ring (bicyclic) bond motifs is 1. The van der Waals surface area contributed by atoms with Crippen molar-refractivity contribution in [3.05, 3.63) is 76.3 Å². The molecule has 0 spiro atoms. The molecule has 3 rings (SSSR count). The molecule has 5 heteroatoms. The first-order chi connectivity index (χ1) is 10.6. The van der Waals surface area contributed by atoms with Crippen molar-refractivity contribution in [1.29, 1.82) is 0 Å². The first-order valence-corrected chi connectivity index (χ1v) is 8.76. The lowest BCUT2D eigenvalue weighted by Gasteiger charge is -2.07. The summed E-state index contributed by atoms with van der Waals surface area (Å²) in [5.41, 5.74) is -0.390. The van der Waals surface area contributed by atoms with Gasteiger partial charge in [0.25, 0.3) is 0 Å². The van der Waals surface area contributed by atoms with Crippen molar-refractivity contribution < 1.29 is 9.36 Å². The van der Waals surface area contributed by atoms with Gasteiger partial charge in [-0.3, -0.25) is 4.79 Å². The molecule has 3 aromatic carbocycles. The van der Waals surface area contributed by atoms with Crippen LogP contribution < -0.4 is 5.30 Å². The van der Waals surface area contributed by atoms with E-state index in [1.165, 1.54) is 0 Å². The molecule has 22 heavy (non-hydrogen) atoms. The van der Waals surface area contributed by atoms with E-state index < -0.39 is 13.3 Å². The fourth-order valence-electron chi connectivity index (χ4n) is 2.29. The third-order valence-electron chi connectivity index (χ3n) is 3.41. The minimum absolute atomic E-state index is 0.128. The molecule has 110 valence electrons. The van der Waals surface area contributed by atoms with E-state index in [0.717, 1.165) is 10.8 Å². The number of carbonyl (C=O) groups is 1. The zero-order valence-electron chi connectivity index (χ0n) is 11.3. The molecule has 1 unspecified atom stereocenters. The van der Waals surface area contributed by atoms with Crippen molar-refractivity contribution in [1.82, 2.24) is 0 Å². The summed E-state index contributed by atoms with van der Waals surface area (Å²) in [5.74, 6) is 0. The Labute approximate surface area is 138 Å². The van der Waals surface area contributed by atoms with E-state index in [1.807, 2.05) is 30.3 Å². The molecule has 0 heterocycles. The van der Waals surface area contributed by atoms with Crippen molar-refractivity contribution in [2.24, 2.45) is 0 Å². The van der Waals surface area contributed by atoms with Gasteiger partial charge in [0.15, 0.2) is 7.80 Å². The first kappa shape index (κ1) is 15.3. The highest BCUT2D eigenvalue weighted by Crippen LogP contribution is 2.34. The number of benzene rings is 3. The lowest BCUT2D eigenvalue weighted by Crippen LogP contribution is -2.05. The molecule has 3 aromatic rings. The molecule has 0 fully saturated rings. The van der Waals surface area contributed by atoms with Gasteiger partial charge in [0.05, 0.1) is 15.6 Å². The van der Waals surface area contributed by atoms with E-state index in [1.54, 1.807) is 30.3 Å². The molecule has 0 aliphatic carbocycles. The fourth-order valence-corrected chi connectivity index (χ4v) is 4.30. The van der Waals surface area contributed by atoms with Crippen LogP contribution >= 0.6 is 31.0 Å². The molecule has 0 saturated carbocycles. The molecule has 0 aromatic heterocycles. The average Bonchev–Trinajstić information content (AvgIpc) is 2.53. The molecule has 0 aliphatic rings. The van der Waals surface area contributed by atoms with E-state index in [4.69, 9.17) is 23.2 Å². The number of carbonyl (C=O) groups excluding carboxylic acids is 1. The van der Waals surface area contributed by atoms with Crippen LogP contribution in [0.3, 0.4) is 0 Å². The molecule has 0 aliphatic heterocycles. The Bertz CT molecular complexity index is 886. The quantitative estimate of drug-likeness (QED) is 0.611. The predicted molar refractivity (Wildman–Crippen MR) is 93.4 cm³/mol. The van der Waals surface area contributed by atoms with Gasteiger partial charge < -0.3 is 4.57 Å².